The number of nitrogens with zero attached hydrogens (tertiary/aromatic N) is 3. The van der Waals surface area contributed by atoms with Crippen molar-refractivity contribution in [1.29, 1.82) is 0 Å². The van der Waals surface area contributed by atoms with E-state index in [0.29, 0.717) is 6.54 Å². The summed E-state index contributed by atoms with van der Waals surface area (Å²) < 4.78 is 1.89. The molecule has 1 N–H and O–H groups in total. The first-order chi connectivity index (χ1) is 10.3. The van der Waals surface area contributed by atoms with Crippen LogP contribution in [0.15, 0.2) is 36.0 Å². The summed E-state index contributed by atoms with van der Waals surface area (Å²) in [6.45, 7) is 2.38. The molecule has 5 nitrogen and oxygen atoms in total. The van der Waals surface area contributed by atoms with Crippen molar-refractivity contribution in [3.8, 4) is 0 Å². The molecule has 0 bridgehead atoms. The second kappa shape index (κ2) is 6.76. The van der Waals surface area contributed by atoms with Crippen LogP contribution in [0.25, 0.3) is 0 Å². The van der Waals surface area contributed by atoms with Crippen LogP contribution in [0, 0.1) is 0 Å². The van der Waals surface area contributed by atoms with Crippen LogP contribution in [0.1, 0.15) is 30.2 Å². The highest BCUT2D eigenvalue weighted by Crippen LogP contribution is 2.34. The summed E-state index contributed by atoms with van der Waals surface area (Å²) in [5.74, 6) is 0. The maximum atomic E-state index is 12.3. The summed E-state index contributed by atoms with van der Waals surface area (Å²) in [7, 11) is 0. The van der Waals surface area contributed by atoms with E-state index in [9.17, 15) is 4.79 Å². The fourth-order valence-corrected chi connectivity index (χ4v) is 3.63. The van der Waals surface area contributed by atoms with Gasteiger partial charge in [-0.25, -0.2) is 4.79 Å². The second-order valence-electron chi connectivity index (χ2n) is 5.22. The highest BCUT2D eigenvalue weighted by atomic mass is 32.1. The molecule has 3 heterocycles. The fraction of sp³-hybridized carbons (Fsp3) is 0.467. The molecule has 2 aromatic rings. The molecule has 112 valence electrons. The highest BCUT2D eigenvalue weighted by molar-refractivity contribution is 7.10. The van der Waals surface area contributed by atoms with Crippen molar-refractivity contribution in [2.24, 2.45) is 0 Å². The minimum Gasteiger partial charge on any atom is -0.338 e. The Labute approximate surface area is 128 Å². The van der Waals surface area contributed by atoms with Gasteiger partial charge in [0.1, 0.15) is 0 Å². The molecule has 1 saturated heterocycles. The molecule has 0 unspecified atom stereocenters. The van der Waals surface area contributed by atoms with Crippen molar-refractivity contribution < 1.29 is 4.79 Å². The molecule has 6 heteroatoms. The van der Waals surface area contributed by atoms with Crippen LogP contribution in [0.5, 0.6) is 0 Å². The molecule has 1 aliphatic heterocycles. The van der Waals surface area contributed by atoms with Gasteiger partial charge in [0.05, 0.1) is 6.04 Å². The highest BCUT2D eigenvalue weighted by Gasteiger charge is 2.30. The number of hydrogen-bond donors (Lipinski definition) is 1. The van der Waals surface area contributed by atoms with Crippen molar-refractivity contribution in [3.63, 3.8) is 0 Å². The molecule has 0 aromatic carbocycles. The lowest BCUT2D eigenvalue weighted by Gasteiger charge is -2.24. The number of thiophene rings is 1. The number of hydrogen-bond acceptors (Lipinski definition) is 3. The first-order valence-electron chi connectivity index (χ1n) is 7.40. The number of urea groups is 1. The summed E-state index contributed by atoms with van der Waals surface area (Å²) in [5, 5.41) is 9.26. The van der Waals surface area contributed by atoms with Gasteiger partial charge >= 0.3 is 6.03 Å². The van der Waals surface area contributed by atoms with Crippen LogP contribution < -0.4 is 5.32 Å². The van der Waals surface area contributed by atoms with Crippen LogP contribution in [-0.2, 0) is 6.54 Å². The average molecular weight is 304 g/mol. The van der Waals surface area contributed by atoms with Gasteiger partial charge in [-0.05, 0) is 36.8 Å². The lowest BCUT2D eigenvalue weighted by Crippen LogP contribution is -2.39. The Morgan fingerprint density at radius 1 is 1.48 bits per heavy atom. The van der Waals surface area contributed by atoms with E-state index in [-0.39, 0.29) is 12.1 Å². The van der Waals surface area contributed by atoms with Gasteiger partial charge in [-0.2, -0.15) is 5.10 Å². The summed E-state index contributed by atoms with van der Waals surface area (Å²) in [6.07, 6.45) is 6.76. The largest absolute Gasteiger partial charge is 0.338 e. The molecule has 3 rings (SSSR count). The predicted molar refractivity (Wildman–Crippen MR) is 83.2 cm³/mol. The maximum absolute atomic E-state index is 12.3. The summed E-state index contributed by atoms with van der Waals surface area (Å²) >= 11 is 1.73. The number of aryl methyl sites for hydroxylation is 1. The van der Waals surface area contributed by atoms with Gasteiger partial charge in [0.15, 0.2) is 0 Å². The first-order valence-corrected chi connectivity index (χ1v) is 8.28. The Bertz CT molecular complexity index is 552. The third kappa shape index (κ3) is 3.44. The Balaban J connectivity index is 1.46. The molecule has 2 amide bonds. The molecular weight excluding hydrogens is 284 g/mol. The lowest BCUT2D eigenvalue weighted by atomic mass is 10.2. The minimum atomic E-state index is 0.0614. The number of carbonyl (C=O) groups is 1. The van der Waals surface area contributed by atoms with Crippen molar-refractivity contribution in [3.05, 3.63) is 40.8 Å². The Morgan fingerprint density at radius 2 is 2.43 bits per heavy atom. The number of aromatic nitrogens is 2. The van der Waals surface area contributed by atoms with Crippen LogP contribution in [0.2, 0.25) is 0 Å². The SMILES string of the molecule is O=C(NCCCn1cccn1)N1CCC[C@@H]1c1cccs1. The van der Waals surface area contributed by atoms with Gasteiger partial charge in [0, 0.05) is 36.9 Å². The van der Waals surface area contributed by atoms with E-state index < -0.39 is 0 Å². The minimum absolute atomic E-state index is 0.0614. The van der Waals surface area contributed by atoms with Crippen molar-refractivity contribution in [1.82, 2.24) is 20.0 Å². The lowest BCUT2D eigenvalue weighted by molar-refractivity contribution is 0.193. The smallest absolute Gasteiger partial charge is 0.317 e. The molecule has 0 spiro atoms. The van der Waals surface area contributed by atoms with Crippen LogP contribution in [0.4, 0.5) is 4.79 Å². The van der Waals surface area contributed by atoms with E-state index in [1.807, 2.05) is 21.8 Å². The predicted octanol–water partition coefficient (Wildman–Crippen LogP) is 2.88. The molecule has 1 fully saturated rings. The molecule has 2 aromatic heterocycles. The first kappa shape index (κ1) is 14.1. The van der Waals surface area contributed by atoms with Gasteiger partial charge in [0.2, 0.25) is 0 Å². The Hall–Kier alpha value is -1.82. The fourth-order valence-electron chi connectivity index (χ4n) is 2.76. The Kier molecular flexibility index (Phi) is 4.55. The third-order valence-electron chi connectivity index (χ3n) is 3.78. The van der Waals surface area contributed by atoms with Crippen molar-refractivity contribution in [2.75, 3.05) is 13.1 Å². The molecule has 21 heavy (non-hydrogen) atoms. The van der Waals surface area contributed by atoms with E-state index in [4.69, 9.17) is 0 Å². The summed E-state index contributed by atoms with van der Waals surface area (Å²) in [6, 6.07) is 6.41. The number of nitrogens with one attached hydrogen (secondary N) is 1. The third-order valence-corrected chi connectivity index (χ3v) is 4.76. The van der Waals surface area contributed by atoms with Gasteiger partial charge in [0.25, 0.3) is 0 Å². The zero-order chi connectivity index (χ0) is 14.5. The number of likely N-dealkylation sites (tertiary alicyclic amines) is 1. The summed E-state index contributed by atoms with van der Waals surface area (Å²) in [4.78, 5) is 15.6. The van der Waals surface area contributed by atoms with E-state index in [2.05, 4.69) is 27.9 Å². The average Bonchev–Trinajstić information content (AvgIpc) is 3.24. The Morgan fingerprint density at radius 3 is 3.19 bits per heavy atom. The maximum Gasteiger partial charge on any atom is 0.317 e. The monoisotopic (exact) mass is 304 g/mol. The zero-order valence-corrected chi connectivity index (χ0v) is 12.8. The van der Waals surface area contributed by atoms with Crippen LogP contribution in [0.3, 0.4) is 0 Å². The topological polar surface area (TPSA) is 50.2 Å². The number of carbonyl (C=O) groups excluding carboxylic acids is 1. The van der Waals surface area contributed by atoms with Gasteiger partial charge in [-0.1, -0.05) is 6.07 Å². The number of amides is 2. The molecule has 0 saturated carbocycles. The normalized spacial score (nSPS) is 18.1. The van der Waals surface area contributed by atoms with Crippen molar-refractivity contribution in [2.45, 2.75) is 31.8 Å². The van der Waals surface area contributed by atoms with Gasteiger partial charge in [-0.3, -0.25) is 4.68 Å². The molecule has 1 aliphatic rings. The van der Waals surface area contributed by atoms with Gasteiger partial charge < -0.3 is 10.2 Å². The standard InChI is InChI=1S/C15H20N4OS/c20-15(16-7-3-9-18-10-4-8-17-18)19-11-1-5-13(19)14-6-2-12-21-14/h2,4,6,8,10,12-13H,1,3,5,7,9,11H2,(H,16,20)/t13-/m1/s1. The molecule has 1 atom stereocenters. The zero-order valence-electron chi connectivity index (χ0n) is 11.9. The van der Waals surface area contributed by atoms with E-state index >= 15 is 0 Å². The molecule has 0 aliphatic carbocycles. The molecule has 0 radical (unpaired) electrons. The number of rotatable bonds is 5. The summed E-state index contributed by atoms with van der Waals surface area (Å²) in [5.41, 5.74) is 0. The van der Waals surface area contributed by atoms with Crippen LogP contribution >= 0.6 is 11.3 Å². The molecular formula is C15H20N4OS. The van der Waals surface area contributed by atoms with Gasteiger partial charge in [-0.15, -0.1) is 11.3 Å². The van der Waals surface area contributed by atoms with E-state index in [1.54, 1.807) is 17.5 Å². The van der Waals surface area contributed by atoms with E-state index in [0.717, 1.165) is 32.4 Å². The second-order valence-corrected chi connectivity index (χ2v) is 6.20. The van der Waals surface area contributed by atoms with E-state index in [1.165, 1.54) is 4.88 Å². The van der Waals surface area contributed by atoms with Crippen LogP contribution in [-0.4, -0.2) is 33.8 Å². The van der Waals surface area contributed by atoms with Crippen molar-refractivity contribution >= 4 is 17.4 Å². The quantitative estimate of drug-likeness (QED) is 0.864.